The Morgan fingerprint density at radius 2 is 2.05 bits per heavy atom. The highest BCUT2D eigenvalue weighted by Crippen LogP contribution is 2.28. The predicted octanol–water partition coefficient (Wildman–Crippen LogP) is 3.34. The van der Waals surface area contributed by atoms with Crippen LogP contribution in [-0.2, 0) is 11.3 Å². The van der Waals surface area contributed by atoms with Crippen LogP contribution in [0.1, 0.15) is 5.56 Å². The van der Waals surface area contributed by atoms with Crippen LogP contribution in [0.4, 0.5) is 5.69 Å². The van der Waals surface area contributed by atoms with E-state index in [2.05, 4.69) is 21.2 Å². The number of anilines is 1. The largest absolute Gasteiger partial charge is 0.508 e. The second-order valence-electron chi connectivity index (χ2n) is 4.38. The van der Waals surface area contributed by atoms with Crippen molar-refractivity contribution in [2.24, 2.45) is 5.73 Å². The van der Waals surface area contributed by atoms with Crippen molar-refractivity contribution in [1.82, 2.24) is 0 Å². The third-order valence-corrected chi connectivity index (χ3v) is 4.36. The number of carbonyl (C=O) groups excluding carboxylic acids is 1. The molecule has 6 heteroatoms. The standard InChI is InChI=1S/C15H15BrN2O2S/c16-11-5-6-13(19)10(7-11)8-18-12-3-1-2-4-14(12)21-9-15(17)20/h1-7,18-19H,8-9H2,(H2,17,20). The number of hydrogen-bond donors (Lipinski definition) is 3. The fourth-order valence-corrected chi connectivity index (χ4v) is 2.95. The van der Waals surface area contributed by atoms with Crippen molar-refractivity contribution in [2.75, 3.05) is 11.1 Å². The molecule has 0 spiro atoms. The summed E-state index contributed by atoms with van der Waals surface area (Å²) in [5.74, 6) is 0.133. The van der Waals surface area contributed by atoms with E-state index < -0.39 is 0 Å². The fourth-order valence-electron chi connectivity index (χ4n) is 1.77. The fraction of sp³-hybridized carbons (Fsp3) is 0.133. The van der Waals surface area contributed by atoms with Gasteiger partial charge in [0.15, 0.2) is 0 Å². The molecule has 0 aromatic heterocycles. The predicted molar refractivity (Wildman–Crippen MR) is 89.5 cm³/mol. The molecule has 0 unspecified atom stereocenters. The third-order valence-electron chi connectivity index (χ3n) is 2.77. The number of carbonyl (C=O) groups is 1. The first kappa shape index (κ1) is 15.7. The van der Waals surface area contributed by atoms with E-state index in [1.807, 2.05) is 30.3 Å². The van der Waals surface area contributed by atoms with Crippen molar-refractivity contribution in [3.05, 3.63) is 52.5 Å². The third kappa shape index (κ3) is 4.68. The van der Waals surface area contributed by atoms with Crippen molar-refractivity contribution >= 4 is 39.3 Å². The van der Waals surface area contributed by atoms with Gasteiger partial charge in [0.2, 0.25) is 5.91 Å². The molecule has 0 saturated carbocycles. The lowest BCUT2D eigenvalue weighted by molar-refractivity contribution is -0.115. The first-order valence-electron chi connectivity index (χ1n) is 6.27. The Labute approximate surface area is 135 Å². The smallest absolute Gasteiger partial charge is 0.227 e. The molecule has 0 fully saturated rings. The van der Waals surface area contributed by atoms with E-state index in [1.54, 1.807) is 12.1 Å². The molecule has 2 rings (SSSR count). The van der Waals surface area contributed by atoms with Crippen LogP contribution >= 0.6 is 27.7 Å². The van der Waals surface area contributed by atoms with Crippen molar-refractivity contribution in [3.8, 4) is 5.75 Å². The molecule has 1 amide bonds. The van der Waals surface area contributed by atoms with Crippen LogP contribution in [0.3, 0.4) is 0 Å². The number of phenols is 1. The lowest BCUT2D eigenvalue weighted by Gasteiger charge is -2.12. The zero-order valence-electron chi connectivity index (χ0n) is 11.2. The van der Waals surface area contributed by atoms with Crippen LogP contribution in [0.2, 0.25) is 0 Å². The van der Waals surface area contributed by atoms with E-state index in [4.69, 9.17) is 5.73 Å². The molecule has 0 heterocycles. The van der Waals surface area contributed by atoms with Crippen molar-refractivity contribution in [3.63, 3.8) is 0 Å². The van der Waals surface area contributed by atoms with Crippen LogP contribution in [0.15, 0.2) is 51.8 Å². The molecule has 0 aliphatic carbocycles. The molecule has 2 aromatic carbocycles. The van der Waals surface area contributed by atoms with Gasteiger partial charge in [0, 0.05) is 27.2 Å². The minimum atomic E-state index is -0.348. The number of phenolic OH excluding ortho intramolecular Hbond substituents is 1. The van der Waals surface area contributed by atoms with Gasteiger partial charge in [0.1, 0.15) is 5.75 Å². The molecule has 4 N–H and O–H groups in total. The van der Waals surface area contributed by atoms with Gasteiger partial charge in [-0.25, -0.2) is 0 Å². The number of nitrogens with one attached hydrogen (secondary N) is 1. The van der Waals surface area contributed by atoms with E-state index in [0.717, 1.165) is 20.6 Å². The number of primary amides is 1. The number of aromatic hydroxyl groups is 1. The van der Waals surface area contributed by atoms with Gasteiger partial charge >= 0.3 is 0 Å². The summed E-state index contributed by atoms with van der Waals surface area (Å²) in [6.45, 7) is 0.486. The van der Waals surface area contributed by atoms with Gasteiger partial charge in [-0.15, -0.1) is 11.8 Å². The van der Waals surface area contributed by atoms with Crippen LogP contribution in [-0.4, -0.2) is 16.8 Å². The molecule has 4 nitrogen and oxygen atoms in total. The molecule has 0 atom stereocenters. The Hall–Kier alpha value is -1.66. The molecule has 2 aromatic rings. The molecule has 0 aliphatic heterocycles. The quantitative estimate of drug-likeness (QED) is 0.685. The minimum Gasteiger partial charge on any atom is -0.508 e. The molecular formula is C15H15BrN2O2S. The van der Waals surface area contributed by atoms with Gasteiger partial charge in [-0.2, -0.15) is 0 Å². The van der Waals surface area contributed by atoms with Gasteiger partial charge in [0.05, 0.1) is 5.75 Å². The van der Waals surface area contributed by atoms with E-state index in [0.29, 0.717) is 6.54 Å². The first-order chi connectivity index (χ1) is 10.1. The molecule has 0 aliphatic rings. The first-order valence-corrected chi connectivity index (χ1v) is 8.05. The van der Waals surface area contributed by atoms with Crippen LogP contribution < -0.4 is 11.1 Å². The summed E-state index contributed by atoms with van der Waals surface area (Å²) in [6, 6.07) is 13.0. The molecular weight excluding hydrogens is 352 g/mol. The summed E-state index contributed by atoms with van der Waals surface area (Å²) in [7, 11) is 0. The summed E-state index contributed by atoms with van der Waals surface area (Å²) < 4.78 is 0.911. The summed E-state index contributed by atoms with van der Waals surface area (Å²) >= 11 is 4.77. The maximum absolute atomic E-state index is 10.9. The van der Waals surface area contributed by atoms with E-state index in [9.17, 15) is 9.90 Å². The van der Waals surface area contributed by atoms with Crippen molar-refractivity contribution in [2.45, 2.75) is 11.4 Å². The van der Waals surface area contributed by atoms with E-state index in [1.165, 1.54) is 11.8 Å². The molecule has 110 valence electrons. The normalized spacial score (nSPS) is 10.3. The van der Waals surface area contributed by atoms with Crippen molar-refractivity contribution < 1.29 is 9.90 Å². The summed E-state index contributed by atoms with van der Waals surface area (Å²) in [5, 5.41) is 13.1. The Morgan fingerprint density at radius 1 is 1.29 bits per heavy atom. The second-order valence-corrected chi connectivity index (χ2v) is 6.31. The van der Waals surface area contributed by atoms with Crippen LogP contribution in [0.5, 0.6) is 5.75 Å². The number of thioether (sulfide) groups is 1. The number of amides is 1. The molecule has 0 radical (unpaired) electrons. The topological polar surface area (TPSA) is 75.4 Å². The second kappa shape index (κ2) is 7.38. The van der Waals surface area contributed by atoms with Gasteiger partial charge in [0.25, 0.3) is 0 Å². The number of para-hydroxylation sites is 1. The minimum absolute atomic E-state index is 0.237. The average molecular weight is 367 g/mol. The van der Waals surface area contributed by atoms with Crippen molar-refractivity contribution in [1.29, 1.82) is 0 Å². The molecule has 0 saturated heterocycles. The maximum atomic E-state index is 10.9. The average Bonchev–Trinajstić information content (AvgIpc) is 2.47. The molecule has 0 bridgehead atoms. The lowest BCUT2D eigenvalue weighted by atomic mass is 10.2. The van der Waals surface area contributed by atoms with Gasteiger partial charge in [-0.05, 0) is 30.3 Å². The van der Waals surface area contributed by atoms with Gasteiger partial charge in [-0.1, -0.05) is 28.1 Å². The summed E-state index contributed by atoms with van der Waals surface area (Å²) in [4.78, 5) is 11.8. The zero-order chi connectivity index (χ0) is 15.2. The van der Waals surface area contributed by atoms with Crippen LogP contribution in [0, 0.1) is 0 Å². The number of rotatable bonds is 6. The Kier molecular flexibility index (Phi) is 5.52. The number of benzene rings is 2. The highest BCUT2D eigenvalue weighted by atomic mass is 79.9. The number of halogens is 1. The highest BCUT2D eigenvalue weighted by molar-refractivity contribution is 9.10. The zero-order valence-corrected chi connectivity index (χ0v) is 13.6. The Bertz CT molecular complexity index is 649. The summed E-state index contributed by atoms with van der Waals surface area (Å²) in [6.07, 6.45) is 0. The Morgan fingerprint density at radius 3 is 2.81 bits per heavy atom. The SMILES string of the molecule is NC(=O)CSc1ccccc1NCc1cc(Br)ccc1O. The lowest BCUT2D eigenvalue weighted by Crippen LogP contribution is -2.13. The number of hydrogen-bond acceptors (Lipinski definition) is 4. The highest BCUT2D eigenvalue weighted by Gasteiger charge is 2.06. The summed E-state index contributed by atoms with van der Waals surface area (Å²) in [5.41, 5.74) is 6.87. The Balaban J connectivity index is 2.09. The molecule has 21 heavy (non-hydrogen) atoms. The maximum Gasteiger partial charge on any atom is 0.227 e. The van der Waals surface area contributed by atoms with Gasteiger partial charge in [-0.3, -0.25) is 4.79 Å². The monoisotopic (exact) mass is 366 g/mol. The number of nitrogens with two attached hydrogens (primary N) is 1. The van der Waals surface area contributed by atoms with E-state index >= 15 is 0 Å². The van der Waals surface area contributed by atoms with Crippen LogP contribution in [0.25, 0.3) is 0 Å². The van der Waals surface area contributed by atoms with Gasteiger partial charge < -0.3 is 16.2 Å². The van der Waals surface area contributed by atoms with E-state index in [-0.39, 0.29) is 17.4 Å².